The lowest BCUT2D eigenvalue weighted by atomic mass is 10.2. The minimum absolute atomic E-state index is 0.0457. The third-order valence-electron chi connectivity index (χ3n) is 1.31. The Labute approximate surface area is 84.6 Å². The first-order chi connectivity index (χ1) is 5.24. The first-order valence-electron chi connectivity index (χ1n) is 3.59. The van der Waals surface area contributed by atoms with Crippen LogP contribution in [0.1, 0.15) is 6.92 Å². The number of hydrogen-bond donors (Lipinski definition) is 1. The van der Waals surface area contributed by atoms with Gasteiger partial charge in [0.1, 0.15) is 0 Å². The Morgan fingerprint density at radius 1 is 1.36 bits per heavy atom. The highest BCUT2D eigenvalue weighted by Crippen LogP contribution is 2.07. The van der Waals surface area contributed by atoms with Crippen LogP contribution in [0.5, 0.6) is 0 Å². The molecule has 0 aliphatic rings. The van der Waals surface area contributed by atoms with Crippen molar-refractivity contribution in [2.75, 3.05) is 23.9 Å². The lowest BCUT2D eigenvalue weighted by Gasteiger charge is -2.14. The fourth-order valence-electron chi connectivity index (χ4n) is 0.483. The van der Waals surface area contributed by atoms with Crippen LogP contribution in [0.25, 0.3) is 0 Å². The number of alkyl halides is 2. The maximum Gasteiger partial charge on any atom is 0.0777 e. The van der Waals surface area contributed by atoms with Crippen LogP contribution < -0.4 is 0 Å². The lowest BCUT2D eigenvalue weighted by Crippen LogP contribution is -2.20. The van der Waals surface area contributed by atoms with Crippen molar-refractivity contribution >= 4 is 31.9 Å². The molecule has 0 aromatic carbocycles. The summed E-state index contributed by atoms with van der Waals surface area (Å²) >= 11 is 6.75. The number of hydrogen-bond acceptors (Lipinski definition) is 2. The molecule has 1 atom stereocenters. The van der Waals surface area contributed by atoms with E-state index in [2.05, 4.69) is 31.9 Å². The van der Waals surface area contributed by atoms with E-state index in [0.29, 0.717) is 12.5 Å². The molecule has 0 rings (SSSR count). The Bertz CT molecular complexity index is 86.5. The minimum atomic E-state index is -0.0457. The molecule has 0 saturated heterocycles. The third-order valence-corrected chi connectivity index (χ3v) is 3.14. The van der Waals surface area contributed by atoms with Gasteiger partial charge in [0.15, 0.2) is 0 Å². The van der Waals surface area contributed by atoms with E-state index in [1.165, 1.54) is 0 Å². The van der Waals surface area contributed by atoms with Gasteiger partial charge in [-0.15, -0.1) is 0 Å². The van der Waals surface area contributed by atoms with Gasteiger partial charge in [0.2, 0.25) is 0 Å². The van der Waals surface area contributed by atoms with E-state index < -0.39 is 0 Å². The van der Waals surface area contributed by atoms with Gasteiger partial charge in [-0.25, -0.2) is 0 Å². The quantitative estimate of drug-likeness (QED) is 0.756. The highest BCUT2D eigenvalue weighted by atomic mass is 79.9. The molecule has 0 fully saturated rings. The number of aliphatic hydroxyl groups is 1. The van der Waals surface area contributed by atoms with Gasteiger partial charge in [0.05, 0.1) is 19.3 Å². The summed E-state index contributed by atoms with van der Waals surface area (Å²) in [6.45, 7) is 2.65. The average Bonchev–Trinajstić information content (AvgIpc) is 2.06. The van der Waals surface area contributed by atoms with E-state index in [4.69, 9.17) is 9.84 Å². The van der Waals surface area contributed by atoms with Gasteiger partial charge in [-0.2, -0.15) is 0 Å². The van der Waals surface area contributed by atoms with Crippen molar-refractivity contribution in [2.24, 2.45) is 5.92 Å². The smallest absolute Gasteiger partial charge is 0.0777 e. The summed E-state index contributed by atoms with van der Waals surface area (Å²) in [5.74, 6) is 0.490. The van der Waals surface area contributed by atoms with Crippen LogP contribution in [0.3, 0.4) is 0 Å². The first-order valence-corrected chi connectivity index (χ1v) is 5.83. The molecule has 0 amide bonds. The molecule has 0 spiro atoms. The van der Waals surface area contributed by atoms with Gasteiger partial charge < -0.3 is 9.84 Å². The van der Waals surface area contributed by atoms with Crippen LogP contribution in [0, 0.1) is 5.92 Å². The molecule has 0 aromatic heterocycles. The van der Waals surface area contributed by atoms with E-state index in [1.54, 1.807) is 0 Å². The number of rotatable bonds is 6. The van der Waals surface area contributed by atoms with Gasteiger partial charge in [-0.05, 0) is 6.92 Å². The summed E-state index contributed by atoms with van der Waals surface area (Å²) < 4.78 is 5.33. The number of aliphatic hydroxyl groups excluding tert-OH is 1. The highest BCUT2D eigenvalue weighted by molar-refractivity contribution is 9.09. The van der Waals surface area contributed by atoms with E-state index in [0.717, 1.165) is 10.7 Å². The van der Waals surface area contributed by atoms with E-state index in [-0.39, 0.29) is 12.7 Å². The van der Waals surface area contributed by atoms with Crippen LogP contribution in [0.15, 0.2) is 0 Å². The molecule has 0 aromatic rings. The molecule has 1 unspecified atom stereocenters. The van der Waals surface area contributed by atoms with Crippen LogP contribution in [-0.4, -0.2) is 35.1 Å². The normalized spacial score (nSPS) is 13.9. The van der Waals surface area contributed by atoms with E-state index in [1.807, 2.05) is 6.92 Å². The monoisotopic (exact) mass is 288 g/mol. The van der Waals surface area contributed by atoms with Crippen molar-refractivity contribution in [1.29, 1.82) is 0 Å². The molecular formula is C7H14Br2O2. The molecule has 11 heavy (non-hydrogen) atoms. The molecule has 68 valence electrons. The molecule has 0 saturated carbocycles. The zero-order chi connectivity index (χ0) is 8.69. The van der Waals surface area contributed by atoms with Gasteiger partial charge in [0.25, 0.3) is 0 Å². The summed E-state index contributed by atoms with van der Waals surface area (Å²) in [6, 6.07) is 0. The largest absolute Gasteiger partial charge is 0.394 e. The van der Waals surface area contributed by atoms with Crippen LogP contribution in [-0.2, 0) is 4.74 Å². The summed E-state index contributed by atoms with van der Waals surface area (Å²) in [6.07, 6.45) is -0.0457. The SMILES string of the molecule is CC(CO)OCC(CBr)CBr. The average molecular weight is 290 g/mol. The molecule has 1 N–H and O–H groups in total. The predicted molar refractivity (Wildman–Crippen MR) is 53.6 cm³/mol. The summed E-state index contributed by atoms with van der Waals surface area (Å²) in [5.41, 5.74) is 0. The first kappa shape index (κ1) is 11.9. The third kappa shape index (κ3) is 6.08. The van der Waals surface area contributed by atoms with Gasteiger partial charge in [-0.3, -0.25) is 0 Å². The van der Waals surface area contributed by atoms with Crippen LogP contribution >= 0.6 is 31.9 Å². The second-order valence-corrected chi connectivity index (χ2v) is 3.80. The fourth-order valence-corrected chi connectivity index (χ4v) is 1.93. The highest BCUT2D eigenvalue weighted by Gasteiger charge is 2.07. The van der Waals surface area contributed by atoms with Crippen molar-refractivity contribution in [2.45, 2.75) is 13.0 Å². The van der Waals surface area contributed by atoms with Gasteiger partial charge in [-0.1, -0.05) is 31.9 Å². The number of ether oxygens (including phenoxy) is 1. The molecule has 0 aliphatic heterocycles. The van der Waals surface area contributed by atoms with Crippen molar-refractivity contribution < 1.29 is 9.84 Å². The zero-order valence-corrected chi connectivity index (χ0v) is 9.77. The molecular weight excluding hydrogens is 276 g/mol. The molecule has 2 nitrogen and oxygen atoms in total. The Balaban J connectivity index is 3.34. The summed E-state index contributed by atoms with van der Waals surface area (Å²) in [7, 11) is 0. The van der Waals surface area contributed by atoms with Gasteiger partial charge >= 0.3 is 0 Å². The van der Waals surface area contributed by atoms with Crippen molar-refractivity contribution in [1.82, 2.24) is 0 Å². The standard InChI is InChI=1S/C7H14Br2O2/c1-6(4-10)11-5-7(2-8)3-9/h6-7,10H,2-5H2,1H3. The Morgan fingerprint density at radius 3 is 2.27 bits per heavy atom. The molecule has 0 bridgehead atoms. The number of halogens is 2. The summed E-state index contributed by atoms with van der Waals surface area (Å²) in [5, 5.41) is 10.5. The van der Waals surface area contributed by atoms with Crippen molar-refractivity contribution in [3.63, 3.8) is 0 Å². The molecule has 0 heterocycles. The topological polar surface area (TPSA) is 29.5 Å². The van der Waals surface area contributed by atoms with Gasteiger partial charge in [0, 0.05) is 16.6 Å². The lowest BCUT2D eigenvalue weighted by molar-refractivity contribution is 0.0133. The Kier molecular flexibility index (Phi) is 8.13. The zero-order valence-electron chi connectivity index (χ0n) is 6.59. The maximum atomic E-state index is 8.64. The molecule has 0 radical (unpaired) electrons. The second kappa shape index (κ2) is 7.53. The summed E-state index contributed by atoms with van der Waals surface area (Å²) in [4.78, 5) is 0. The van der Waals surface area contributed by atoms with Crippen molar-refractivity contribution in [3.8, 4) is 0 Å². The van der Waals surface area contributed by atoms with E-state index in [9.17, 15) is 0 Å². The molecule has 0 aliphatic carbocycles. The molecule has 4 heteroatoms. The minimum Gasteiger partial charge on any atom is -0.394 e. The maximum absolute atomic E-state index is 8.64. The van der Waals surface area contributed by atoms with Crippen LogP contribution in [0.4, 0.5) is 0 Å². The Hall–Kier alpha value is 0.880. The predicted octanol–water partition coefficient (Wildman–Crippen LogP) is 1.79. The fraction of sp³-hybridized carbons (Fsp3) is 1.00. The van der Waals surface area contributed by atoms with E-state index >= 15 is 0 Å². The van der Waals surface area contributed by atoms with Crippen LogP contribution in [0.2, 0.25) is 0 Å². The second-order valence-electron chi connectivity index (χ2n) is 2.50. The van der Waals surface area contributed by atoms with Crippen molar-refractivity contribution in [3.05, 3.63) is 0 Å². The Morgan fingerprint density at radius 2 is 1.91 bits per heavy atom.